The number of aliphatic hydroxyl groups excluding tert-OH is 1. The topological polar surface area (TPSA) is 36.4 Å². The number of aromatic nitrogens is 1. The molecule has 0 spiro atoms. The Hall–Kier alpha value is -0.610. The number of aliphatic hydroxyl groups is 1. The van der Waals surface area contributed by atoms with E-state index in [9.17, 15) is 5.11 Å². The molecule has 0 bridgehead atoms. The zero-order valence-corrected chi connectivity index (χ0v) is 11.9. The molecular weight excluding hydrogens is 280 g/mol. The lowest BCUT2D eigenvalue weighted by molar-refractivity contribution is 0.280. The van der Waals surface area contributed by atoms with Crippen molar-refractivity contribution >= 4 is 21.7 Å². The van der Waals surface area contributed by atoms with E-state index in [0.717, 1.165) is 28.3 Å². The van der Waals surface area contributed by atoms with Gasteiger partial charge >= 0.3 is 0 Å². The van der Waals surface area contributed by atoms with Crippen LogP contribution in [0, 0.1) is 5.92 Å². The molecule has 2 rings (SSSR count). The van der Waals surface area contributed by atoms with E-state index >= 15 is 0 Å². The minimum Gasteiger partial charge on any atom is -0.392 e. The second-order valence-corrected chi connectivity index (χ2v) is 5.88. The third kappa shape index (κ3) is 2.80. The van der Waals surface area contributed by atoms with E-state index < -0.39 is 0 Å². The molecule has 4 heteroatoms. The van der Waals surface area contributed by atoms with Gasteiger partial charge in [-0.15, -0.1) is 0 Å². The molecule has 94 valence electrons. The Morgan fingerprint density at radius 3 is 2.94 bits per heavy atom. The first-order valence-corrected chi connectivity index (χ1v) is 6.93. The summed E-state index contributed by atoms with van der Waals surface area (Å²) in [6.45, 7) is 5.61. The summed E-state index contributed by atoms with van der Waals surface area (Å²) in [6, 6.07) is 2.45. The van der Waals surface area contributed by atoms with Crippen LogP contribution < -0.4 is 4.90 Å². The van der Waals surface area contributed by atoms with Crippen LogP contribution in [-0.4, -0.2) is 22.7 Å². The summed E-state index contributed by atoms with van der Waals surface area (Å²) in [4.78, 5) is 6.78. The summed E-state index contributed by atoms with van der Waals surface area (Å²) in [5.41, 5.74) is 0.903. The van der Waals surface area contributed by atoms with Crippen molar-refractivity contribution in [3.63, 3.8) is 0 Å². The van der Waals surface area contributed by atoms with Crippen molar-refractivity contribution < 1.29 is 5.11 Å². The fraction of sp³-hybridized carbons (Fsp3) is 0.615. The molecule has 3 nitrogen and oxygen atoms in total. The molecule has 0 aromatic carbocycles. The normalized spacial score (nSPS) is 25.1. The number of anilines is 1. The highest BCUT2D eigenvalue weighted by atomic mass is 79.9. The van der Waals surface area contributed by atoms with Crippen LogP contribution in [0.3, 0.4) is 0 Å². The van der Waals surface area contributed by atoms with E-state index in [4.69, 9.17) is 0 Å². The largest absolute Gasteiger partial charge is 0.392 e. The SMILES string of the molecule is CC1CCN(c2ncc(Br)cc2CO)C(C)C1. The number of halogens is 1. The average molecular weight is 299 g/mol. The van der Waals surface area contributed by atoms with Gasteiger partial charge in [0.2, 0.25) is 0 Å². The monoisotopic (exact) mass is 298 g/mol. The van der Waals surface area contributed by atoms with Crippen molar-refractivity contribution in [2.24, 2.45) is 5.92 Å². The van der Waals surface area contributed by atoms with Crippen LogP contribution >= 0.6 is 15.9 Å². The summed E-state index contributed by atoms with van der Waals surface area (Å²) < 4.78 is 0.920. The van der Waals surface area contributed by atoms with Crippen molar-refractivity contribution in [2.75, 3.05) is 11.4 Å². The first-order valence-electron chi connectivity index (χ1n) is 6.13. The summed E-state index contributed by atoms with van der Waals surface area (Å²) in [5.74, 6) is 1.73. The van der Waals surface area contributed by atoms with Gasteiger partial charge in [0.1, 0.15) is 5.82 Å². The highest BCUT2D eigenvalue weighted by molar-refractivity contribution is 9.10. The third-order valence-electron chi connectivity index (χ3n) is 3.49. The van der Waals surface area contributed by atoms with Crippen LogP contribution in [0.5, 0.6) is 0 Å². The number of piperidine rings is 1. The number of hydrogen-bond acceptors (Lipinski definition) is 3. The molecule has 1 aromatic rings. The fourth-order valence-electron chi connectivity index (χ4n) is 2.57. The van der Waals surface area contributed by atoms with Crippen LogP contribution in [0.25, 0.3) is 0 Å². The molecule has 1 aliphatic rings. The molecule has 1 aliphatic heterocycles. The number of nitrogens with zero attached hydrogens (tertiary/aromatic N) is 2. The van der Waals surface area contributed by atoms with Gasteiger partial charge in [0.25, 0.3) is 0 Å². The minimum atomic E-state index is 0.0422. The Balaban J connectivity index is 2.27. The molecular formula is C13H19BrN2O. The number of rotatable bonds is 2. The summed E-state index contributed by atoms with van der Waals surface area (Å²) in [5, 5.41) is 9.42. The number of hydrogen-bond donors (Lipinski definition) is 1. The van der Waals surface area contributed by atoms with Crippen LogP contribution in [-0.2, 0) is 6.61 Å². The molecule has 1 fully saturated rings. The summed E-state index contributed by atoms with van der Waals surface area (Å²) >= 11 is 3.39. The van der Waals surface area contributed by atoms with Crippen molar-refractivity contribution in [1.82, 2.24) is 4.98 Å². The molecule has 0 amide bonds. The van der Waals surface area contributed by atoms with Gasteiger partial charge < -0.3 is 10.0 Å². The molecule has 0 radical (unpaired) electrons. The Kier molecular flexibility index (Phi) is 4.05. The van der Waals surface area contributed by atoms with Gasteiger partial charge in [0.05, 0.1) is 6.61 Å². The maximum absolute atomic E-state index is 9.42. The molecule has 0 saturated carbocycles. The van der Waals surface area contributed by atoms with E-state index in [-0.39, 0.29) is 6.61 Å². The van der Waals surface area contributed by atoms with E-state index in [1.165, 1.54) is 12.8 Å². The second-order valence-electron chi connectivity index (χ2n) is 4.97. The lowest BCUT2D eigenvalue weighted by atomic mass is 9.93. The standard InChI is InChI=1S/C13H19BrN2O/c1-9-3-4-16(10(2)5-9)13-11(8-17)6-12(14)7-15-13/h6-7,9-10,17H,3-5,8H2,1-2H3. The lowest BCUT2D eigenvalue weighted by Gasteiger charge is -2.38. The molecule has 2 atom stereocenters. The Morgan fingerprint density at radius 2 is 2.29 bits per heavy atom. The molecule has 0 aliphatic carbocycles. The average Bonchev–Trinajstić information content (AvgIpc) is 2.30. The van der Waals surface area contributed by atoms with Crippen LogP contribution in [0.4, 0.5) is 5.82 Å². The lowest BCUT2D eigenvalue weighted by Crippen LogP contribution is -2.41. The molecule has 1 saturated heterocycles. The van der Waals surface area contributed by atoms with Crippen molar-refractivity contribution in [3.05, 3.63) is 22.3 Å². The molecule has 2 unspecified atom stereocenters. The maximum Gasteiger partial charge on any atom is 0.134 e. The van der Waals surface area contributed by atoms with E-state index in [1.807, 2.05) is 6.07 Å². The smallest absolute Gasteiger partial charge is 0.134 e. The maximum atomic E-state index is 9.42. The highest BCUT2D eigenvalue weighted by Crippen LogP contribution is 2.29. The van der Waals surface area contributed by atoms with Crippen LogP contribution in [0.2, 0.25) is 0 Å². The van der Waals surface area contributed by atoms with Gasteiger partial charge in [-0.1, -0.05) is 6.92 Å². The number of pyridine rings is 1. The van der Waals surface area contributed by atoms with Gasteiger partial charge in [-0.3, -0.25) is 0 Å². The predicted molar refractivity (Wildman–Crippen MR) is 73.1 cm³/mol. The Bertz CT molecular complexity index is 397. The van der Waals surface area contributed by atoms with E-state index in [0.29, 0.717) is 6.04 Å². The van der Waals surface area contributed by atoms with Gasteiger partial charge in [-0.2, -0.15) is 0 Å². The van der Waals surface area contributed by atoms with Gasteiger partial charge in [-0.05, 0) is 47.7 Å². The Morgan fingerprint density at radius 1 is 1.53 bits per heavy atom. The van der Waals surface area contributed by atoms with Crippen LogP contribution in [0.15, 0.2) is 16.7 Å². The van der Waals surface area contributed by atoms with Crippen molar-refractivity contribution in [2.45, 2.75) is 39.3 Å². The first kappa shape index (κ1) is 12.8. The Labute approximate surface area is 111 Å². The zero-order chi connectivity index (χ0) is 12.4. The van der Waals surface area contributed by atoms with Gasteiger partial charge in [0, 0.05) is 28.8 Å². The molecule has 2 heterocycles. The second kappa shape index (κ2) is 5.36. The first-order chi connectivity index (χ1) is 8.11. The van der Waals surface area contributed by atoms with Gasteiger partial charge in [0.15, 0.2) is 0 Å². The minimum absolute atomic E-state index is 0.0422. The fourth-order valence-corrected chi connectivity index (χ4v) is 2.95. The third-order valence-corrected chi connectivity index (χ3v) is 3.92. The quantitative estimate of drug-likeness (QED) is 0.912. The molecule has 17 heavy (non-hydrogen) atoms. The van der Waals surface area contributed by atoms with Gasteiger partial charge in [-0.25, -0.2) is 4.98 Å². The summed E-state index contributed by atoms with van der Waals surface area (Å²) in [6.07, 6.45) is 4.20. The molecule has 1 N–H and O–H groups in total. The predicted octanol–water partition coefficient (Wildman–Crippen LogP) is 2.96. The van der Waals surface area contributed by atoms with Crippen molar-refractivity contribution in [1.29, 1.82) is 0 Å². The van der Waals surface area contributed by atoms with E-state index in [1.54, 1.807) is 6.20 Å². The molecule has 1 aromatic heterocycles. The highest BCUT2D eigenvalue weighted by Gasteiger charge is 2.25. The summed E-state index contributed by atoms with van der Waals surface area (Å²) in [7, 11) is 0. The van der Waals surface area contributed by atoms with Crippen LogP contribution in [0.1, 0.15) is 32.3 Å². The van der Waals surface area contributed by atoms with Crippen molar-refractivity contribution in [3.8, 4) is 0 Å². The zero-order valence-electron chi connectivity index (χ0n) is 10.4. The van der Waals surface area contributed by atoms with E-state index in [2.05, 4.69) is 39.7 Å².